The van der Waals surface area contributed by atoms with Gasteiger partial charge in [-0.05, 0) is 43.9 Å². The van der Waals surface area contributed by atoms with Gasteiger partial charge in [-0.2, -0.15) is 0 Å². The highest BCUT2D eigenvalue weighted by Gasteiger charge is 2.25. The molecule has 0 bridgehead atoms. The third kappa shape index (κ3) is 2.72. The van der Waals surface area contributed by atoms with Gasteiger partial charge in [-0.25, -0.2) is 0 Å². The third-order valence-corrected chi connectivity index (χ3v) is 3.90. The molecule has 98 valence electrons. The molecule has 1 aliphatic rings. The van der Waals surface area contributed by atoms with Crippen molar-refractivity contribution in [2.24, 2.45) is 0 Å². The van der Waals surface area contributed by atoms with Gasteiger partial charge in [-0.1, -0.05) is 25.0 Å². The van der Waals surface area contributed by atoms with Gasteiger partial charge >= 0.3 is 0 Å². The van der Waals surface area contributed by atoms with E-state index in [2.05, 4.69) is 5.32 Å². The van der Waals surface area contributed by atoms with E-state index in [1.165, 1.54) is 0 Å². The van der Waals surface area contributed by atoms with Crippen LogP contribution in [0, 0.1) is 13.8 Å². The zero-order valence-corrected chi connectivity index (χ0v) is 11.1. The predicted molar refractivity (Wildman–Crippen MR) is 71.6 cm³/mol. The van der Waals surface area contributed by atoms with Gasteiger partial charge in [0, 0.05) is 5.56 Å². The summed E-state index contributed by atoms with van der Waals surface area (Å²) >= 11 is 0. The summed E-state index contributed by atoms with van der Waals surface area (Å²) in [6.07, 6.45) is 3.40. The smallest absolute Gasteiger partial charge is 0.251 e. The summed E-state index contributed by atoms with van der Waals surface area (Å²) in [7, 11) is 0. The van der Waals surface area contributed by atoms with Gasteiger partial charge in [0.25, 0.3) is 5.91 Å². The number of amides is 1. The van der Waals surface area contributed by atoms with Crippen LogP contribution in [0.3, 0.4) is 0 Å². The summed E-state index contributed by atoms with van der Waals surface area (Å²) in [6.45, 7) is 3.96. The molecular weight excluding hydrogens is 226 g/mol. The topological polar surface area (TPSA) is 49.3 Å². The molecule has 18 heavy (non-hydrogen) atoms. The second-order valence-electron chi connectivity index (χ2n) is 5.18. The number of benzene rings is 1. The molecule has 0 heterocycles. The van der Waals surface area contributed by atoms with Crippen molar-refractivity contribution in [3.05, 3.63) is 34.9 Å². The van der Waals surface area contributed by atoms with E-state index >= 15 is 0 Å². The molecule has 0 aliphatic heterocycles. The molecule has 1 saturated carbocycles. The normalized spacial score (nSPS) is 23.7. The molecule has 1 fully saturated rings. The minimum atomic E-state index is -0.396. The molecule has 3 heteroatoms. The lowest BCUT2D eigenvalue weighted by molar-refractivity contribution is 0.0717. The molecule has 2 rings (SSSR count). The Labute approximate surface area is 108 Å². The summed E-state index contributed by atoms with van der Waals surface area (Å²) in [6, 6.07) is 5.65. The number of rotatable bonds is 2. The number of aliphatic hydroxyl groups excluding tert-OH is 1. The number of carbonyl (C=O) groups excluding carboxylic acids is 1. The molecule has 1 aromatic carbocycles. The standard InChI is InChI=1S/C15H21NO2/c1-10-6-5-7-12(11(10)2)15(18)16-13-8-3-4-9-14(13)17/h5-7,13-14,17H,3-4,8-9H2,1-2H3,(H,16,18)/t13-,14-/m1/s1. The molecule has 1 aliphatic carbocycles. The zero-order valence-electron chi connectivity index (χ0n) is 11.1. The van der Waals surface area contributed by atoms with E-state index in [0.717, 1.165) is 36.8 Å². The quantitative estimate of drug-likeness (QED) is 0.842. The first-order valence-electron chi connectivity index (χ1n) is 6.64. The van der Waals surface area contributed by atoms with Gasteiger partial charge < -0.3 is 10.4 Å². The van der Waals surface area contributed by atoms with Crippen molar-refractivity contribution in [1.29, 1.82) is 0 Å². The van der Waals surface area contributed by atoms with Crippen LogP contribution in [0.5, 0.6) is 0 Å². The van der Waals surface area contributed by atoms with Gasteiger partial charge in [0.2, 0.25) is 0 Å². The van der Waals surface area contributed by atoms with E-state index in [1.54, 1.807) is 0 Å². The van der Waals surface area contributed by atoms with E-state index in [9.17, 15) is 9.90 Å². The summed E-state index contributed by atoms with van der Waals surface area (Å²) in [5.41, 5.74) is 2.85. The van der Waals surface area contributed by atoms with Gasteiger partial charge in [0.15, 0.2) is 0 Å². The number of hydrogen-bond donors (Lipinski definition) is 2. The first kappa shape index (κ1) is 13.1. The van der Waals surface area contributed by atoms with Crippen LogP contribution in [0.2, 0.25) is 0 Å². The van der Waals surface area contributed by atoms with Crippen molar-refractivity contribution < 1.29 is 9.90 Å². The van der Waals surface area contributed by atoms with Crippen LogP contribution >= 0.6 is 0 Å². The van der Waals surface area contributed by atoms with Crippen LogP contribution in [0.25, 0.3) is 0 Å². The van der Waals surface area contributed by atoms with Crippen LogP contribution in [-0.2, 0) is 0 Å². The van der Waals surface area contributed by atoms with Crippen molar-refractivity contribution in [1.82, 2.24) is 5.32 Å². The molecule has 0 unspecified atom stereocenters. The van der Waals surface area contributed by atoms with E-state index in [1.807, 2.05) is 32.0 Å². The lowest BCUT2D eigenvalue weighted by atomic mass is 9.92. The van der Waals surface area contributed by atoms with Crippen molar-refractivity contribution in [2.45, 2.75) is 51.7 Å². The fourth-order valence-corrected chi connectivity index (χ4v) is 2.52. The van der Waals surface area contributed by atoms with Gasteiger partial charge in [0.1, 0.15) is 0 Å². The minimum absolute atomic E-state index is 0.0675. The third-order valence-electron chi connectivity index (χ3n) is 3.90. The predicted octanol–water partition coefficient (Wildman–Crippen LogP) is 2.34. The Hall–Kier alpha value is -1.35. The number of carbonyl (C=O) groups is 1. The largest absolute Gasteiger partial charge is 0.391 e. The molecule has 1 aromatic rings. The number of aliphatic hydroxyl groups is 1. The van der Waals surface area contributed by atoms with Gasteiger partial charge in [0.05, 0.1) is 12.1 Å². The molecule has 0 aromatic heterocycles. The van der Waals surface area contributed by atoms with E-state index in [-0.39, 0.29) is 11.9 Å². The number of hydrogen-bond acceptors (Lipinski definition) is 2. The van der Waals surface area contributed by atoms with Crippen LogP contribution in [0.1, 0.15) is 47.2 Å². The fraction of sp³-hybridized carbons (Fsp3) is 0.533. The molecule has 0 spiro atoms. The Kier molecular flexibility index (Phi) is 4.02. The zero-order chi connectivity index (χ0) is 13.1. The summed E-state index contributed by atoms with van der Waals surface area (Å²) in [5, 5.41) is 12.8. The maximum Gasteiger partial charge on any atom is 0.251 e. The number of nitrogens with one attached hydrogen (secondary N) is 1. The molecule has 2 atom stereocenters. The highest BCUT2D eigenvalue weighted by atomic mass is 16.3. The highest BCUT2D eigenvalue weighted by Crippen LogP contribution is 2.19. The monoisotopic (exact) mass is 247 g/mol. The van der Waals surface area contributed by atoms with Crippen molar-refractivity contribution >= 4 is 5.91 Å². The summed E-state index contributed by atoms with van der Waals surface area (Å²) in [4.78, 5) is 12.2. The Bertz CT molecular complexity index is 442. The van der Waals surface area contributed by atoms with Crippen LogP contribution in [0.15, 0.2) is 18.2 Å². The second kappa shape index (κ2) is 5.53. The van der Waals surface area contributed by atoms with Crippen LogP contribution in [-0.4, -0.2) is 23.2 Å². The maximum atomic E-state index is 12.2. The Morgan fingerprint density at radius 3 is 2.72 bits per heavy atom. The first-order chi connectivity index (χ1) is 8.59. The average Bonchev–Trinajstić information content (AvgIpc) is 2.35. The molecule has 1 amide bonds. The molecule has 0 radical (unpaired) electrons. The van der Waals surface area contributed by atoms with Crippen LogP contribution in [0.4, 0.5) is 0 Å². The minimum Gasteiger partial charge on any atom is -0.391 e. The molecule has 0 saturated heterocycles. The highest BCUT2D eigenvalue weighted by molar-refractivity contribution is 5.96. The van der Waals surface area contributed by atoms with Crippen molar-refractivity contribution in [2.75, 3.05) is 0 Å². The Morgan fingerprint density at radius 1 is 1.28 bits per heavy atom. The summed E-state index contributed by atoms with van der Waals surface area (Å²) < 4.78 is 0. The maximum absolute atomic E-state index is 12.2. The number of aryl methyl sites for hydroxylation is 1. The van der Waals surface area contributed by atoms with E-state index in [0.29, 0.717) is 5.56 Å². The van der Waals surface area contributed by atoms with Crippen molar-refractivity contribution in [3.8, 4) is 0 Å². The Balaban J connectivity index is 2.09. The fourth-order valence-electron chi connectivity index (χ4n) is 2.52. The Morgan fingerprint density at radius 2 is 2.00 bits per heavy atom. The first-order valence-corrected chi connectivity index (χ1v) is 6.64. The lowest BCUT2D eigenvalue weighted by Gasteiger charge is -2.28. The second-order valence-corrected chi connectivity index (χ2v) is 5.18. The van der Waals surface area contributed by atoms with Gasteiger partial charge in [-0.3, -0.25) is 4.79 Å². The van der Waals surface area contributed by atoms with E-state index < -0.39 is 6.10 Å². The molecular formula is C15H21NO2. The van der Waals surface area contributed by atoms with E-state index in [4.69, 9.17) is 0 Å². The molecule has 3 nitrogen and oxygen atoms in total. The lowest BCUT2D eigenvalue weighted by Crippen LogP contribution is -2.45. The van der Waals surface area contributed by atoms with Gasteiger partial charge in [-0.15, -0.1) is 0 Å². The summed E-state index contributed by atoms with van der Waals surface area (Å²) in [5.74, 6) is -0.0675. The van der Waals surface area contributed by atoms with Crippen molar-refractivity contribution in [3.63, 3.8) is 0 Å². The SMILES string of the molecule is Cc1cccc(C(=O)N[C@@H]2CCCC[C@H]2O)c1C. The molecule has 2 N–H and O–H groups in total. The van der Waals surface area contributed by atoms with Crippen LogP contribution < -0.4 is 5.32 Å². The average molecular weight is 247 g/mol.